The zero-order valence-electron chi connectivity index (χ0n) is 11.0. The molecule has 0 spiro atoms. The summed E-state index contributed by atoms with van der Waals surface area (Å²) in [6, 6.07) is 1.90. The number of aromatic amines is 1. The number of rotatable bonds is 3. The average molecular weight is 272 g/mol. The predicted octanol–water partition coefficient (Wildman–Crippen LogP) is 0.598. The van der Waals surface area contributed by atoms with E-state index in [1.807, 2.05) is 0 Å². The van der Waals surface area contributed by atoms with E-state index in [0.29, 0.717) is 5.56 Å². The Labute approximate surface area is 116 Å². The summed E-state index contributed by atoms with van der Waals surface area (Å²) in [5.41, 5.74) is 0.554. The molecular weight excluding hydrogens is 256 g/mol. The SMILES string of the molecule is O=C(N[C@H]1CCCN(c2ncccn2)C1)c1cn[nH]c1. The number of piperidine rings is 1. The van der Waals surface area contributed by atoms with Crippen LogP contribution >= 0.6 is 0 Å². The minimum absolute atomic E-state index is 0.0976. The summed E-state index contributed by atoms with van der Waals surface area (Å²) in [6.45, 7) is 1.65. The number of amides is 1. The van der Waals surface area contributed by atoms with Crippen molar-refractivity contribution in [1.29, 1.82) is 0 Å². The summed E-state index contributed by atoms with van der Waals surface area (Å²) in [5, 5.41) is 9.45. The zero-order valence-corrected chi connectivity index (χ0v) is 11.0. The van der Waals surface area contributed by atoms with Crippen LogP contribution in [0.15, 0.2) is 30.9 Å². The van der Waals surface area contributed by atoms with Crippen LogP contribution in [0.1, 0.15) is 23.2 Å². The molecule has 3 heterocycles. The first-order valence-corrected chi connectivity index (χ1v) is 6.64. The minimum atomic E-state index is -0.0976. The summed E-state index contributed by atoms with van der Waals surface area (Å²) in [7, 11) is 0. The Hall–Kier alpha value is -2.44. The van der Waals surface area contributed by atoms with Gasteiger partial charge in [0, 0.05) is 37.7 Å². The summed E-state index contributed by atoms with van der Waals surface area (Å²) >= 11 is 0. The Morgan fingerprint density at radius 1 is 1.40 bits per heavy atom. The van der Waals surface area contributed by atoms with Crippen LogP contribution in [0.2, 0.25) is 0 Å². The molecular formula is C13H16N6O. The molecule has 1 amide bonds. The Morgan fingerprint density at radius 2 is 2.25 bits per heavy atom. The van der Waals surface area contributed by atoms with Gasteiger partial charge in [-0.15, -0.1) is 0 Å². The van der Waals surface area contributed by atoms with E-state index >= 15 is 0 Å². The van der Waals surface area contributed by atoms with Crippen LogP contribution in [0.25, 0.3) is 0 Å². The molecule has 0 aromatic carbocycles. The fourth-order valence-corrected chi connectivity index (χ4v) is 2.37. The minimum Gasteiger partial charge on any atom is -0.347 e. The summed E-state index contributed by atoms with van der Waals surface area (Å²) < 4.78 is 0. The zero-order chi connectivity index (χ0) is 13.8. The van der Waals surface area contributed by atoms with Gasteiger partial charge in [-0.05, 0) is 18.9 Å². The van der Waals surface area contributed by atoms with Gasteiger partial charge >= 0.3 is 0 Å². The van der Waals surface area contributed by atoms with Gasteiger partial charge in [-0.3, -0.25) is 9.89 Å². The highest BCUT2D eigenvalue weighted by Crippen LogP contribution is 2.15. The molecule has 2 aromatic heterocycles. The summed E-state index contributed by atoms with van der Waals surface area (Å²) in [6.07, 6.45) is 8.56. The van der Waals surface area contributed by atoms with Crippen molar-refractivity contribution < 1.29 is 4.79 Å². The highest BCUT2D eigenvalue weighted by Gasteiger charge is 2.23. The number of anilines is 1. The van der Waals surface area contributed by atoms with Crippen LogP contribution in [-0.2, 0) is 0 Å². The van der Waals surface area contributed by atoms with Crippen LogP contribution in [0.4, 0.5) is 5.95 Å². The third-order valence-electron chi connectivity index (χ3n) is 3.35. The van der Waals surface area contributed by atoms with E-state index in [9.17, 15) is 4.79 Å². The van der Waals surface area contributed by atoms with Gasteiger partial charge in [-0.25, -0.2) is 9.97 Å². The van der Waals surface area contributed by atoms with E-state index in [0.717, 1.165) is 31.9 Å². The van der Waals surface area contributed by atoms with E-state index in [2.05, 4.69) is 30.4 Å². The van der Waals surface area contributed by atoms with Crippen molar-refractivity contribution in [2.24, 2.45) is 0 Å². The maximum atomic E-state index is 12.0. The third kappa shape index (κ3) is 2.76. The van der Waals surface area contributed by atoms with Crippen LogP contribution < -0.4 is 10.2 Å². The summed E-state index contributed by atoms with van der Waals surface area (Å²) in [4.78, 5) is 22.6. The molecule has 0 aliphatic carbocycles. The van der Waals surface area contributed by atoms with Gasteiger partial charge in [0.1, 0.15) is 0 Å². The van der Waals surface area contributed by atoms with Crippen molar-refractivity contribution >= 4 is 11.9 Å². The summed E-state index contributed by atoms with van der Waals surface area (Å²) in [5.74, 6) is 0.620. The van der Waals surface area contributed by atoms with Gasteiger partial charge < -0.3 is 10.2 Å². The molecule has 7 nitrogen and oxygen atoms in total. The van der Waals surface area contributed by atoms with Gasteiger partial charge in [0.05, 0.1) is 11.8 Å². The number of nitrogens with one attached hydrogen (secondary N) is 2. The number of carbonyl (C=O) groups is 1. The van der Waals surface area contributed by atoms with Gasteiger partial charge in [-0.2, -0.15) is 5.10 Å². The molecule has 0 saturated carbocycles. The molecule has 2 N–H and O–H groups in total. The van der Waals surface area contributed by atoms with Crippen LogP contribution in [-0.4, -0.2) is 45.2 Å². The maximum absolute atomic E-state index is 12.0. The van der Waals surface area contributed by atoms with Gasteiger partial charge in [-0.1, -0.05) is 0 Å². The smallest absolute Gasteiger partial charge is 0.254 e. The number of hydrogen-bond donors (Lipinski definition) is 2. The predicted molar refractivity (Wildman–Crippen MR) is 73.3 cm³/mol. The van der Waals surface area contributed by atoms with E-state index in [4.69, 9.17) is 0 Å². The molecule has 0 radical (unpaired) electrons. The topological polar surface area (TPSA) is 86.8 Å². The number of hydrogen-bond acceptors (Lipinski definition) is 5. The van der Waals surface area contributed by atoms with E-state index in [1.54, 1.807) is 24.7 Å². The van der Waals surface area contributed by atoms with Crippen molar-refractivity contribution in [2.45, 2.75) is 18.9 Å². The van der Waals surface area contributed by atoms with Gasteiger partial charge in [0.25, 0.3) is 5.91 Å². The normalized spacial score (nSPS) is 18.8. The van der Waals surface area contributed by atoms with Gasteiger partial charge in [0.15, 0.2) is 0 Å². The van der Waals surface area contributed by atoms with Crippen molar-refractivity contribution in [3.63, 3.8) is 0 Å². The quantitative estimate of drug-likeness (QED) is 0.854. The first-order chi connectivity index (χ1) is 9.83. The number of aromatic nitrogens is 4. The number of nitrogens with zero attached hydrogens (tertiary/aromatic N) is 4. The molecule has 0 unspecified atom stereocenters. The monoisotopic (exact) mass is 272 g/mol. The van der Waals surface area contributed by atoms with Crippen molar-refractivity contribution in [1.82, 2.24) is 25.5 Å². The molecule has 1 saturated heterocycles. The second-order valence-electron chi connectivity index (χ2n) is 4.79. The van der Waals surface area contributed by atoms with Crippen LogP contribution in [0.3, 0.4) is 0 Å². The van der Waals surface area contributed by atoms with E-state index in [1.165, 1.54) is 6.20 Å². The average Bonchev–Trinajstić information content (AvgIpc) is 3.03. The Kier molecular flexibility index (Phi) is 3.58. The molecule has 1 atom stereocenters. The number of carbonyl (C=O) groups excluding carboxylic acids is 1. The molecule has 20 heavy (non-hydrogen) atoms. The van der Waals surface area contributed by atoms with Crippen molar-refractivity contribution in [2.75, 3.05) is 18.0 Å². The molecule has 7 heteroatoms. The second kappa shape index (κ2) is 5.68. The van der Waals surface area contributed by atoms with Crippen LogP contribution in [0, 0.1) is 0 Å². The largest absolute Gasteiger partial charge is 0.347 e. The number of H-pyrrole nitrogens is 1. The molecule has 2 aromatic rings. The lowest BCUT2D eigenvalue weighted by Crippen LogP contribution is -2.48. The lowest BCUT2D eigenvalue weighted by molar-refractivity contribution is 0.0933. The Bertz CT molecular complexity index is 556. The fraction of sp³-hybridized carbons (Fsp3) is 0.385. The molecule has 0 bridgehead atoms. The standard InChI is InChI=1S/C13H16N6O/c20-12(10-7-16-17-8-10)18-11-3-1-6-19(9-11)13-14-4-2-5-15-13/h2,4-5,7-8,11H,1,3,6,9H2,(H,16,17)(H,18,20)/t11-/m0/s1. The highest BCUT2D eigenvalue weighted by molar-refractivity contribution is 5.93. The van der Waals surface area contributed by atoms with Crippen LogP contribution in [0.5, 0.6) is 0 Å². The van der Waals surface area contributed by atoms with Gasteiger partial charge in [0.2, 0.25) is 5.95 Å². The molecule has 3 rings (SSSR count). The first kappa shape index (κ1) is 12.6. The lowest BCUT2D eigenvalue weighted by atomic mass is 10.1. The van der Waals surface area contributed by atoms with E-state index in [-0.39, 0.29) is 11.9 Å². The highest BCUT2D eigenvalue weighted by atomic mass is 16.1. The molecule has 1 aliphatic rings. The second-order valence-corrected chi connectivity index (χ2v) is 4.79. The Morgan fingerprint density at radius 3 is 3.00 bits per heavy atom. The first-order valence-electron chi connectivity index (χ1n) is 6.64. The Balaban J connectivity index is 1.62. The maximum Gasteiger partial charge on any atom is 0.254 e. The molecule has 104 valence electrons. The third-order valence-corrected chi connectivity index (χ3v) is 3.35. The van der Waals surface area contributed by atoms with E-state index < -0.39 is 0 Å². The van der Waals surface area contributed by atoms with Crippen molar-refractivity contribution in [3.05, 3.63) is 36.4 Å². The van der Waals surface area contributed by atoms with Crippen molar-refractivity contribution in [3.8, 4) is 0 Å². The fourth-order valence-electron chi connectivity index (χ4n) is 2.37. The molecule has 1 fully saturated rings. The lowest BCUT2D eigenvalue weighted by Gasteiger charge is -2.32. The molecule has 1 aliphatic heterocycles.